The molecule has 1 N–H and O–H groups in total. The molecule has 0 radical (unpaired) electrons. The Morgan fingerprint density at radius 3 is 2.45 bits per heavy atom. The molecule has 0 aliphatic heterocycles. The standard InChI is InChI=1S/C17H29BrN2/c1-3-5-6-7-8-9-10-16(19-13-4-2)17-12-11-15(18)14-20-17/h11-12,14,16,19H,3-10,13H2,1-2H3. The lowest BCUT2D eigenvalue weighted by molar-refractivity contribution is 0.458. The Bertz CT molecular complexity index is 337. The van der Waals surface area contributed by atoms with Crippen LogP contribution in [0.5, 0.6) is 0 Å². The molecule has 1 heterocycles. The Hall–Kier alpha value is -0.410. The first-order chi connectivity index (χ1) is 9.77. The number of aromatic nitrogens is 1. The zero-order valence-electron chi connectivity index (χ0n) is 13.0. The third kappa shape index (κ3) is 7.39. The van der Waals surface area contributed by atoms with Gasteiger partial charge in [-0.3, -0.25) is 4.98 Å². The topological polar surface area (TPSA) is 24.9 Å². The number of unbranched alkanes of at least 4 members (excludes halogenated alkanes) is 5. The van der Waals surface area contributed by atoms with Crippen molar-refractivity contribution in [1.29, 1.82) is 0 Å². The van der Waals surface area contributed by atoms with Crippen LogP contribution in [0.15, 0.2) is 22.8 Å². The molecule has 0 spiro atoms. The summed E-state index contributed by atoms with van der Waals surface area (Å²) in [6.45, 7) is 5.55. The molecule has 0 aliphatic carbocycles. The molecule has 0 bridgehead atoms. The van der Waals surface area contributed by atoms with Crippen molar-refractivity contribution in [3.8, 4) is 0 Å². The highest BCUT2D eigenvalue weighted by Gasteiger charge is 2.11. The van der Waals surface area contributed by atoms with Crippen molar-refractivity contribution in [1.82, 2.24) is 10.3 Å². The molecule has 2 nitrogen and oxygen atoms in total. The van der Waals surface area contributed by atoms with Crippen LogP contribution < -0.4 is 5.32 Å². The Kier molecular flexibility index (Phi) is 9.94. The number of nitrogens with one attached hydrogen (secondary N) is 1. The third-order valence-corrected chi connectivity index (χ3v) is 4.06. The number of hydrogen-bond acceptors (Lipinski definition) is 2. The average molecular weight is 341 g/mol. The van der Waals surface area contributed by atoms with E-state index in [4.69, 9.17) is 0 Å². The van der Waals surface area contributed by atoms with E-state index >= 15 is 0 Å². The number of nitrogens with zero attached hydrogens (tertiary/aromatic N) is 1. The van der Waals surface area contributed by atoms with Crippen LogP contribution in [0.25, 0.3) is 0 Å². The van der Waals surface area contributed by atoms with E-state index in [2.05, 4.69) is 52.2 Å². The maximum Gasteiger partial charge on any atom is 0.0574 e. The van der Waals surface area contributed by atoms with E-state index in [1.807, 2.05) is 6.20 Å². The van der Waals surface area contributed by atoms with Crippen LogP contribution >= 0.6 is 15.9 Å². The fourth-order valence-corrected chi connectivity index (χ4v) is 2.63. The van der Waals surface area contributed by atoms with Gasteiger partial charge in [0.05, 0.1) is 5.69 Å². The van der Waals surface area contributed by atoms with Crippen LogP contribution in [-0.2, 0) is 0 Å². The zero-order valence-corrected chi connectivity index (χ0v) is 14.6. The molecule has 1 rings (SSSR count). The van der Waals surface area contributed by atoms with E-state index in [9.17, 15) is 0 Å². The monoisotopic (exact) mass is 340 g/mol. The predicted molar refractivity (Wildman–Crippen MR) is 91.0 cm³/mol. The molecule has 114 valence electrons. The predicted octanol–water partition coefficient (Wildman–Crippen LogP) is 5.64. The van der Waals surface area contributed by atoms with Crippen LogP contribution in [0.3, 0.4) is 0 Å². The van der Waals surface area contributed by atoms with Gasteiger partial charge in [-0.2, -0.15) is 0 Å². The van der Waals surface area contributed by atoms with E-state index < -0.39 is 0 Å². The number of rotatable bonds is 11. The molecular weight excluding hydrogens is 312 g/mol. The molecule has 3 heteroatoms. The Morgan fingerprint density at radius 2 is 1.80 bits per heavy atom. The Balaban J connectivity index is 2.37. The highest BCUT2D eigenvalue weighted by molar-refractivity contribution is 9.10. The molecule has 0 saturated heterocycles. The summed E-state index contributed by atoms with van der Waals surface area (Å²) in [4.78, 5) is 4.55. The maximum absolute atomic E-state index is 4.55. The van der Waals surface area contributed by atoms with Crippen molar-refractivity contribution in [2.24, 2.45) is 0 Å². The van der Waals surface area contributed by atoms with Crippen molar-refractivity contribution < 1.29 is 0 Å². The summed E-state index contributed by atoms with van der Waals surface area (Å²) in [7, 11) is 0. The van der Waals surface area contributed by atoms with Gasteiger partial charge in [-0.15, -0.1) is 0 Å². The van der Waals surface area contributed by atoms with Crippen molar-refractivity contribution in [3.05, 3.63) is 28.5 Å². The van der Waals surface area contributed by atoms with Crippen LogP contribution in [0.1, 0.15) is 76.9 Å². The van der Waals surface area contributed by atoms with Crippen LogP contribution in [-0.4, -0.2) is 11.5 Å². The summed E-state index contributed by atoms with van der Waals surface area (Å²) >= 11 is 3.45. The molecule has 20 heavy (non-hydrogen) atoms. The number of halogens is 1. The van der Waals surface area contributed by atoms with Gasteiger partial charge < -0.3 is 5.32 Å². The molecule has 1 aromatic heterocycles. The van der Waals surface area contributed by atoms with Crippen molar-refractivity contribution in [3.63, 3.8) is 0 Å². The lowest BCUT2D eigenvalue weighted by atomic mass is 10.0. The van der Waals surface area contributed by atoms with Gasteiger partial charge in [0, 0.05) is 16.7 Å². The second-order valence-corrected chi connectivity index (χ2v) is 6.38. The molecule has 1 unspecified atom stereocenters. The largest absolute Gasteiger partial charge is 0.309 e. The van der Waals surface area contributed by atoms with Gasteiger partial charge in [-0.25, -0.2) is 0 Å². The van der Waals surface area contributed by atoms with Gasteiger partial charge in [0.25, 0.3) is 0 Å². The first-order valence-electron chi connectivity index (χ1n) is 8.12. The minimum atomic E-state index is 0.411. The van der Waals surface area contributed by atoms with Crippen LogP contribution in [0, 0.1) is 0 Å². The molecule has 0 aliphatic rings. The Morgan fingerprint density at radius 1 is 1.05 bits per heavy atom. The summed E-state index contributed by atoms with van der Waals surface area (Å²) in [5.74, 6) is 0. The number of hydrogen-bond donors (Lipinski definition) is 1. The highest BCUT2D eigenvalue weighted by Crippen LogP contribution is 2.20. The van der Waals surface area contributed by atoms with Gasteiger partial charge in [-0.05, 0) is 47.4 Å². The van der Waals surface area contributed by atoms with Gasteiger partial charge in [-0.1, -0.05) is 52.4 Å². The van der Waals surface area contributed by atoms with Gasteiger partial charge >= 0.3 is 0 Å². The minimum absolute atomic E-state index is 0.411. The molecule has 0 amide bonds. The fraction of sp³-hybridized carbons (Fsp3) is 0.706. The smallest absolute Gasteiger partial charge is 0.0574 e. The molecule has 1 atom stereocenters. The molecule has 1 aromatic rings. The first-order valence-corrected chi connectivity index (χ1v) is 8.92. The van der Waals surface area contributed by atoms with E-state index in [1.54, 1.807) is 0 Å². The quantitative estimate of drug-likeness (QED) is 0.527. The van der Waals surface area contributed by atoms with Crippen LogP contribution in [0.4, 0.5) is 0 Å². The molecule has 0 aromatic carbocycles. The fourth-order valence-electron chi connectivity index (χ4n) is 2.40. The summed E-state index contributed by atoms with van der Waals surface area (Å²) in [5.41, 5.74) is 1.18. The Labute approximate surface area is 132 Å². The lowest BCUT2D eigenvalue weighted by Crippen LogP contribution is -2.23. The number of pyridine rings is 1. The van der Waals surface area contributed by atoms with Gasteiger partial charge in [0.15, 0.2) is 0 Å². The van der Waals surface area contributed by atoms with E-state index in [1.165, 1.54) is 57.1 Å². The van der Waals surface area contributed by atoms with E-state index in [-0.39, 0.29) is 0 Å². The molecular formula is C17H29BrN2. The first kappa shape index (κ1) is 17.6. The van der Waals surface area contributed by atoms with E-state index in [0.29, 0.717) is 6.04 Å². The minimum Gasteiger partial charge on any atom is -0.309 e. The second kappa shape index (κ2) is 11.3. The van der Waals surface area contributed by atoms with Gasteiger partial charge in [0.2, 0.25) is 0 Å². The van der Waals surface area contributed by atoms with Crippen molar-refractivity contribution in [2.75, 3.05) is 6.54 Å². The summed E-state index contributed by atoms with van der Waals surface area (Å²) in [6, 6.07) is 4.63. The van der Waals surface area contributed by atoms with Gasteiger partial charge in [0.1, 0.15) is 0 Å². The summed E-state index contributed by atoms with van der Waals surface area (Å²) in [5, 5.41) is 3.63. The van der Waals surface area contributed by atoms with Crippen molar-refractivity contribution in [2.45, 2.75) is 71.3 Å². The molecule has 0 fully saturated rings. The molecule has 0 saturated carbocycles. The highest BCUT2D eigenvalue weighted by atomic mass is 79.9. The lowest BCUT2D eigenvalue weighted by Gasteiger charge is -2.18. The average Bonchev–Trinajstić information content (AvgIpc) is 2.47. The summed E-state index contributed by atoms with van der Waals surface area (Å²) in [6.07, 6.45) is 12.4. The van der Waals surface area contributed by atoms with Crippen LogP contribution in [0.2, 0.25) is 0 Å². The maximum atomic E-state index is 4.55. The normalized spacial score (nSPS) is 12.6. The zero-order chi connectivity index (χ0) is 14.6. The summed E-state index contributed by atoms with van der Waals surface area (Å²) < 4.78 is 1.05. The SMILES string of the molecule is CCCCCCCCC(NCCC)c1ccc(Br)cn1. The van der Waals surface area contributed by atoms with Crippen molar-refractivity contribution >= 4 is 15.9 Å². The van der Waals surface area contributed by atoms with E-state index in [0.717, 1.165) is 11.0 Å². The third-order valence-electron chi connectivity index (χ3n) is 3.59. The second-order valence-electron chi connectivity index (χ2n) is 5.46.